The van der Waals surface area contributed by atoms with E-state index >= 15 is 0 Å². The van der Waals surface area contributed by atoms with Crippen molar-refractivity contribution in [3.05, 3.63) is 21.2 Å². The molecule has 1 fully saturated rings. The first-order valence-electron chi connectivity index (χ1n) is 4.85. The third-order valence-electron chi connectivity index (χ3n) is 2.30. The zero-order valence-corrected chi connectivity index (χ0v) is 9.79. The zero-order valence-electron chi connectivity index (χ0n) is 8.20. The molecule has 1 aromatic rings. The summed E-state index contributed by atoms with van der Waals surface area (Å²) in [6.45, 7) is 3.10. The number of ether oxygens (including phenoxy) is 1. The van der Waals surface area contributed by atoms with Crippen molar-refractivity contribution in [3.63, 3.8) is 0 Å². The van der Waals surface area contributed by atoms with E-state index in [4.69, 9.17) is 4.74 Å². The third kappa shape index (κ3) is 2.38. The lowest BCUT2D eigenvalue weighted by molar-refractivity contribution is 0.152. The lowest BCUT2D eigenvalue weighted by atomic mass is 10.4. The van der Waals surface area contributed by atoms with Gasteiger partial charge < -0.3 is 14.6 Å². The third-order valence-corrected chi connectivity index (χ3v) is 3.01. The molecule has 1 aliphatic rings. The molecule has 2 heterocycles. The number of aromatic amines is 1. The van der Waals surface area contributed by atoms with Crippen LogP contribution in [0.25, 0.3) is 0 Å². The van der Waals surface area contributed by atoms with E-state index in [1.165, 1.54) is 6.33 Å². The van der Waals surface area contributed by atoms with Crippen LogP contribution in [0.2, 0.25) is 0 Å². The number of aromatic nitrogens is 2. The molecule has 1 aliphatic heterocycles. The van der Waals surface area contributed by atoms with E-state index in [2.05, 4.69) is 30.8 Å². The zero-order chi connectivity index (χ0) is 10.7. The Bertz CT molecular complexity index is 385. The fourth-order valence-electron chi connectivity index (χ4n) is 1.55. The van der Waals surface area contributed by atoms with Crippen LogP contribution in [0, 0.1) is 0 Å². The molecule has 1 aromatic heterocycles. The van der Waals surface area contributed by atoms with Crippen molar-refractivity contribution in [2.75, 3.05) is 31.2 Å². The summed E-state index contributed by atoms with van der Waals surface area (Å²) in [5.41, 5.74) is -0.148. The minimum Gasteiger partial charge on any atom is -0.380 e. The molecule has 0 radical (unpaired) electrons. The number of hydrogen-bond donors (Lipinski definition) is 1. The van der Waals surface area contributed by atoms with Gasteiger partial charge in [0.05, 0.1) is 12.9 Å². The van der Waals surface area contributed by atoms with Crippen LogP contribution in [0.15, 0.2) is 15.6 Å². The number of rotatable bonds is 1. The maximum Gasteiger partial charge on any atom is 0.267 e. The van der Waals surface area contributed by atoms with Crippen LogP contribution < -0.4 is 10.5 Å². The van der Waals surface area contributed by atoms with Gasteiger partial charge in [-0.1, -0.05) is 0 Å². The largest absolute Gasteiger partial charge is 0.380 e. The van der Waals surface area contributed by atoms with Crippen LogP contribution >= 0.6 is 15.9 Å². The SMILES string of the molecule is O=c1[nH]cnc(N2CCCOCC2)c1Br. The minimum atomic E-state index is -0.148. The molecule has 0 unspecified atom stereocenters. The van der Waals surface area contributed by atoms with Crippen LogP contribution in [0.5, 0.6) is 0 Å². The van der Waals surface area contributed by atoms with Gasteiger partial charge in [0, 0.05) is 19.7 Å². The first kappa shape index (κ1) is 10.6. The number of nitrogens with zero attached hydrogens (tertiary/aromatic N) is 2. The summed E-state index contributed by atoms with van der Waals surface area (Å²) in [6.07, 6.45) is 2.38. The molecule has 6 heteroatoms. The van der Waals surface area contributed by atoms with Crippen molar-refractivity contribution < 1.29 is 4.74 Å². The van der Waals surface area contributed by atoms with E-state index in [1.54, 1.807) is 0 Å². The molecule has 0 aromatic carbocycles. The molecule has 0 atom stereocenters. The highest BCUT2D eigenvalue weighted by Crippen LogP contribution is 2.19. The predicted octanol–water partition coefficient (Wildman–Crippen LogP) is 0.759. The molecule has 0 spiro atoms. The van der Waals surface area contributed by atoms with Gasteiger partial charge in [0.1, 0.15) is 10.3 Å². The van der Waals surface area contributed by atoms with Crippen molar-refractivity contribution >= 4 is 21.7 Å². The molecule has 0 saturated carbocycles. The summed E-state index contributed by atoms with van der Waals surface area (Å²) in [7, 11) is 0. The highest BCUT2D eigenvalue weighted by Gasteiger charge is 2.15. The molecular formula is C9H12BrN3O2. The Kier molecular flexibility index (Phi) is 3.37. The van der Waals surface area contributed by atoms with Gasteiger partial charge in [-0.2, -0.15) is 0 Å². The van der Waals surface area contributed by atoms with Crippen LogP contribution in [0.1, 0.15) is 6.42 Å². The summed E-state index contributed by atoms with van der Waals surface area (Å²) in [4.78, 5) is 20.1. The second kappa shape index (κ2) is 4.76. The van der Waals surface area contributed by atoms with Gasteiger partial charge in [-0.3, -0.25) is 4.79 Å². The van der Waals surface area contributed by atoms with Crippen LogP contribution in [-0.4, -0.2) is 36.3 Å². The lowest BCUT2D eigenvalue weighted by Gasteiger charge is -2.20. The van der Waals surface area contributed by atoms with Gasteiger partial charge in [-0.25, -0.2) is 4.98 Å². The Morgan fingerprint density at radius 3 is 3.20 bits per heavy atom. The van der Waals surface area contributed by atoms with E-state index in [-0.39, 0.29) is 5.56 Å². The molecule has 2 rings (SSSR count). The maximum absolute atomic E-state index is 11.4. The first-order chi connectivity index (χ1) is 7.29. The summed E-state index contributed by atoms with van der Waals surface area (Å²) in [6, 6.07) is 0. The minimum absolute atomic E-state index is 0.148. The van der Waals surface area contributed by atoms with Gasteiger partial charge in [0.15, 0.2) is 0 Å². The summed E-state index contributed by atoms with van der Waals surface area (Å²) < 4.78 is 5.84. The molecule has 5 nitrogen and oxygen atoms in total. The fourth-order valence-corrected chi connectivity index (χ4v) is 2.02. The highest BCUT2D eigenvalue weighted by atomic mass is 79.9. The molecule has 82 valence electrons. The molecule has 0 amide bonds. The smallest absolute Gasteiger partial charge is 0.267 e. The number of halogens is 1. The lowest BCUT2D eigenvalue weighted by Crippen LogP contribution is -2.29. The second-order valence-corrected chi connectivity index (χ2v) is 4.12. The van der Waals surface area contributed by atoms with E-state index in [0.717, 1.165) is 26.1 Å². The van der Waals surface area contributed by atoms with Crippen LogP contribution in [0.3, 0.4) is 0 Å². The molecule has 15 heavy (non-hydrogen) atoms. The fraction of sp³-hybridized carbons (Fsp3) is 0.556. The Hall–Kier alpha value is -0.880. The predicted molar refractivity (Wildman–Crippen MR) is 60.2 cm³/mol. The second-order valence-electron chi connectivity index (χ2n) is 3.32. The van der Waals surface area contributed by atoms with Crippen molar-refractivity contribution in [3.8, 4) is 0 Å². The first-order valence-corrected chi connectivity index (χ1v) is 5.64. The Labute approximate surface area is 95.6 Å². The van der Waals surface area contributed by atoms with Gasteiger partial charge in [0.25, 0.3) is 5.56 Å². The van der Waals surface area contributed by atoms with E-state index < -0.39 is 0 Å². The van der Waals surface area contributed by atoms with E-state index in [9.17, 15) is 4.79 Å². The van der Waals surface area contributed by atoms with Crippen molar-refractivity contribution in [2.45, 2.75) is 6.42 Å². The van der Waals surface area contributed by atoms with Gasteiger partial charge in [-0.15, -0.1) is 0 Å². The normalized spacial score (nSPS) is 17.5. The molecular weight excluding hydrogens is 262 g/mol. The van der Waals surface area contributed by atoms with Crippen molar-refractivity contribution in [2.24, 2.45) is 0 Å². The van der Waals surface area contributed by atoms with Crippen molar-refractivity contribution in [1.29, 1.82) is 0 Å². The molecule has 0 bridgehead atoms. The highest BCUT2D eigenvalue weighted by molar-refractivity contribution is 9.10. The van der Waals surface area contributed by atoms with Gasteiger partial charge in [0.2, 0.25) is 0 Å². The number of hydrogen-bond acceptors (Lipinski definition) is 4. The molecule has 1 saturated heterocycles. The molecule has 1 N–H and O–H groups in total. The van der Waals surface area contributed by atoms with Gasteiger partial charge in [-0.05, 0) is 22.4 Å². The molecule has 0 aliphatic carbocycles. The summed E-state index contributed by atoms with van der Waals surface area (Å²) in [5, 5.41) is 0. The Morgan fingerprint density at radius 1 is 1.47 bits per heavy atom. The quantitative estimate of drug-likeness (QED) is 0.821. The Balaban J connectivity index is 2.27. The summed E-state index contributed by atoms with van der Waals surface area (Å²) in [5.74, 6) is 0.698. The van der Waals surface area contributed by atoms with Crippen LogP contribution in [-0.2, 0) is 4.74 Å². The average molecular weight is 274 g/mol. The number of H-pyrrole nitrogens is 1. The van der Waals surface area contributed by atoms with E-state index in [0.29, 0.717) is 16.9 Å². The number of nitrogens with one attached hydrogen (secondary N) is 1. The van der Waals surface area contributed by atoms with E-state index in [1.807, 2.05) is 0 Å². The topological polar surface area (TPSA) is 58.2 Å². The average Bonchev–Trinajstić information content (AvgIpc) is 2.50. The number of anilines is 1. The standard InChI is InChI=1S/C9H12BrN3O2/c10-7-8(11-6-12-9(7)14)13-2-1-4-15-5-3-13/h6H,1-5H2,(H,11,12,14). The summed E-state index contributed by atoms with van der Waals surface area (Å²) >= 11 is 3.25. The Morgan fingerprint density at radius 2 is 2.33 bits per heavy atom. The monoisotopic (exact) mass is 273 g/mol. The maximum atomic E-state index is 11.4. The van der Waals surface area contributed by atoms with Crippen LogP contribution in [0.4, 0.5) is 5.82 Å². The van der Waals surface area contributed by atoms with Gasteiger partial charge >= 0.3 is 0 Å². The van der Waals surface area contributed by atoms with Crippen molar-refractivity contribution in [1.82, 2.24) is 9.97 Å².